The quantitative estimate of drug-likeness (QED) is 0.768. The Balaban J connectivity index is 2.62. The highest BCUT2D eigenvalue weighted by atomic mass is 35.5. The molecule has 2 aromatic carbocycles. The van der Waals surface area contributed by atoms with E-state index in [0.717, 1.165) is 22.3 Å². The van der Waals surface area contributed by atoms with Crippen LogP contribution in [-0.4, -0.2) is 10.5 Å². The molecule has 0 aliphatic heterocycles. The summed E-state index contributed by atoms with van der Waals surface area (Å²) >= 11 is 11.1. The van der Waals surface area contributed by atoms with Gasteiger partial charge in [-0.2, -0.15) is 0 Å². The first-order chi connectivity index (χ1) is 9.36. The molecule has 0 radical (unpaired) electrons. The van der Waals surface area contributed by atoms with Gasteiger partial charge >= 0.3 is 0 Å². The summed E-state index contributed by atoms with van der Waals surface area (Å²) in [5.74, 6) is 0. The Morgan fingerprint density at radius 3 is 1.35 bits per heavy atom. The number of carbonyl (C=O) groups is 2. The number of rotatable bonds is 3. The maximum atomic E-state index is 11.3. The molecule has 20 heavy (non-hydrogen) atoms. The lowest BCUT2D eigenvalue weighted by Crippen LogP contribution is -1.94. The fourth-order valence-corrected chi connectivity index (χ4v) is 2.34. The smallest absolute Gasteiger partial charge is 0.252 e. The van der Waals surface area contributed by atoms with Crippen molar-refractivity contribution in [3.8, 4) is 11.1 Å². The number of halogens is 2. The van der Waals surface area contributed by atoms with Crippen molar-refractivity contribution >= 4 is 33.7 Å². The van der Waals surface area contributed by atoms with E-state index in [-0.39, 0.29) is 0 Å². The Bertz CT molecular complexity index is 644. The molecule has 0 N–H and O–H groups in total. The van der Waals surface area contributed by atoms with Crippen molar-refractivity contribution in [3.05, 3.63) is 58.7 Å². The minimum absolute atomic E-state index is 0.432. The molecule has 0 aliphatic rings. The van der Waals surface area contributed by atoms with Crippen molar-refractivity contribution in [2.75, 3.05) is 0 Å². The van der Waals surface area contributed by atoms with Crippen LogP contribution in [0.25, 0.3) is 11.1 Å². The van der Waals surface area contributed by atoms with Gasteiger partial charge < -0.3 is 0 Å². The monoisotopic (exact) mass is 306 g/mol. The molecule has 0 spiro atoms. The van der Waals surface area contributed by atoms with Gasteiger partial charge in [0.1, 0.15) is 0 Å². The van der Waals surface area contributed by atoms with E-state index in [2.05, 4.69) is 0 Å². The second kappa shape index (κ2) is 5.78. The van der Waals surface area contributed by atoms with E-state index in [9.17, 15) is 9.59 Å². The van der Waals surface area contributed by atoms with Gasteiger partial charge in [-0.1, -0.05) is 12.1 Å². The van der Waals surface area contributed by atoms with Crippen molar-refractivity contribution in [2.24, 2.45) is 0 Å². The Morgan fingerprint density at radius 2 is 1.05 bits per heavy atom. The molecule has 0 atom stereocenters. The normalized spacial score (nSPS) is 10.4. The molecule has 0 saturated heterocycles. The summed E-state index contributed by atoms with van der Waals surface area (Å²) in [5.41, 5.74) is 4.37. The fraction of sp³-hybridized carbons (Fsp3) is 0.125. The predicted molar refractivity (Wildman–Crippen MR) is 81.7 cm³/mol. The molecule has 0 bridgehead atoms. The Kier molecular flexibility index (Phi) is 4.26. The van der Waals surface area contributed by atoms with Crippen molar-refractivity contribution in [2.45, 2.75) is 13.8 Å². The van der Waals surface area contributed by atoms with E-state index in [4.69, 9.17) is 23.2 Å². The van der Waals surface area contributed by atoms with E-state index in [1.807, 2.05) is 26.0 Å². The Labute approximate surface area is 127 Å². The van der Waals surface area contributed by atoms with Crippen molar-refractivity contribution in [1.29, 1.82) is 0 Å². The van der Waals surface area contributed by atoms with Crippen LogP contribution in [0.2, 0.25) is 0 Å². The summed E-state index contributed by atoms with van der Waals surface area (Å²) in [6.45, 7) is 3.77. The third-order valence-electron chi connectivity index (χ3n) is 2.94. The third-order valence-corrected chi connectivity index (χ3v) is 3.38. The minimum Gasteiger partial charge on any atom is -0.276 e. The highest BCUT2D eigenvalue weighted by Gasteiger charge is 2.09. The van der Waals surface area contributed by atoms with Gasteiger partial charge in [-0.25, -0.2) is 0 Å². The van der Waals surface area contributed by atoms with Gasteiger partial charge in [-0.05, 0) is 83.6 Å². The van der Waals surface area contributed by atoms with Crippen LogP contribution in [0.3, 0.4) is 0 Å². The number of benzene rings is 2. The zero-order valence-corrected chi connectivity index (χ0v) is 12.5. The molecule has 0 amide bonds. The topological polar surface area (TPSA) is 34.1 Å². The largest absolute Gasteiger partial charge is 0.276 e. The second-order valence-corrected chi connectivity index (χ2v) is 5.41. The van der Waals surface area contributed by atoms with Gasteiger partial charge in [0.2, 0.25) is 0 Å². The highest BCUT2D eigenvalue weighted by molar-refractivity contribution is 6.68. The van der Waals surface area contributed by atoms with Gasteiger partial charge in [-0.15, -0.1) is 0 Å². The Morgan fingerprint density at radius 1 is 0.700 bits per heavy atom. The summed E-state index contributed by atoms with van der Waals surface area (Å²) < 4.78 is 0. The van der Waals surface area contributed by atoms with E-state index >= 15 is 0 Å². The maximum Gasteiger partial charge on any atom is 0.252 e. The average Bonchev–Trinajstić information content (AvgIpc) is 2.37. The molecule has 0 unspecified atom stereocenters. The summed E-state index contributed by atoms with van der Waals surface area (Å²) in [5, 5.41) is -1.01. The van der Waals surface area contributed by atoms with Crippen LogP contribution in [0.5, 0.6) is 0 Å². The van der Waals surface area contributed by atoms with Gasteiger partial charge in [0.25, 0.3) is 10.5 Å². The van der Waals surface area contributed by atoms with Crippen molar-refractivity contribution in [1.82, 2.24) is 0 Å². The zero-order valence-electron chi connectivity index (χ0n) is 11.0. The van der Waals surface area contributed by atoms with Crippen LogP contribution in [0.1, 0.15) is 31.8 Å². The summed E-state index contributed by atoms with van der Waals surface area (Å²) in [6, 6.07) is 10.7. The molecule has 102 valence electrons. The number of hydrogen-bond acceptors (Lipinski definition) is 2. The average molecular weight is 307 g/mol. The highest BCUT2D eigenvalue weighted by Crippen LogP contribution is 2.26. The minimum atomic E-state index is -0.503. The molecule has 0 fully saturated rings. The molecular formula is C16H12Cl2O2. The molecular weight excluding hydrogens is 295 g/mol. The first-order valence-corrected chi connectivity index (χ1v) is 6.76. The van der Waals surface area contributed by atoms with Gasteiger partial charge in [0, 0.05) is 11.1 Å². The summed E-state index contributed by atoms with van der Waals surface area (Å²) in [6.07, 6.45) is 0. The van der Waals surface area contributed by atoms with Gasteiger partial charge in [0.05, 0.1) is 0 Å². The zero-order chi connectivity index (χ0) is 14.9. The molecule has 2 rings (SSSR count). The number of carbonyl (C=O) groups excluding carboxylic acids is 2. The molecule has 0 saturated carbocycles. The fourth-order valence-electron chi connectivity index (χ4n) is 2.13. The first-order valence-electron chi connectivity index (χ1n) is 6.00. The SMILES string of the molecule is Cc1cc(C(=O)Cl)cc(-c2cc(C)cc(C(=O)Cl)c2)c1. The van der Waals surface area contributed by atoms with Crippen molar-refractivity contribution < 1.29 is 9.59 Å². The molecule has 0 aliphatic carbocycles. The standard InChI is InChI=1S/C16H12Cl2O2/c1-9-3-11(7-13(5-9)15(17)19)12-4-10(2)6-14(8-12)16(18)20/h3-8H,1-2H3. The predicted octanol–water partition coefficient (Wildman–Crippen LogP) is 4.73. The third kappa shape index (κ3) is 3.27. The number of hydrogen-bond donors (Lipinski definition) is 0. The van der Waals surface area contributed by atoms with E-state index in [1.54, 1.807) is 24.3 Å². The lowest BCUT2D eigenvalue weighted by atomic mass is 9.97. The van der Waals surface area contributed by atoms with E-state index in [1.165, 1.54) is 0 Å². The van der Waals surface area contributed by atoms with Crippen LogP contribution in [-0.2, 0) is 0 Å². The van der Waals surface area contributed by atoms with Gasteiger partial charge in [0.15, 0.2) is 0 Å². The van der Waals surface area contributed by atoms with E-state index < -0.39 is 10.5 Å². The van der Waals surface area contributed by atoms with Crippen LogP contribution in [0.4, 0.5) is 0 Å². The van der Waals surface area contributed by atoms with Crippen LogP contribution in [0.15, 0.2) is 36.4 Å². The maximum absolute atomic E-state index is 11.3. The van der Waals surface area contributed by atoms with Crippen molar-refractivity contribution in [3.63, 3.8) is 0 Å². The molecule has 0 heterocycles. The Hall–Kier alpha value is -1.64. The van der Waals surface area contributed by atoms with Crippen LogP contribution >= 0.6 is 23.2 Å². The van der Waals surface area contributed by atoms with Gasteiger partial charge in [-0.3, -0.25) is 9.59 Å². The molecule has 2 nitrogen and oxygen atoms in total. The summed E-state index contributed by atoms with van der Waals surface area (Å²) in [4.78, 5) is 22.6. The van der Waals surface area contributed by atoms with E-state index in [0.29, 0.717) is 11.1 Å². The lowest BCUT2D eigenvalue weighted by molar-refractivity contribution is 0.107. The second-order valence-electron chi connectivity index (χ2n) is 4.72. The van der Waals surface area contributed by atoms with Crippen LogP contribution < -0.4 is 0 Å². The lowest BCUT2D eigenvalue weighted by Gasteiger charge is -2.08. The molecule has 2 aromatic rings. The number of aryl methyl sites for hydroxylation is 2. The summed E-state index contributed by atoms with van der Waals surface area (Å²) in [7, 11) is 0. The molecule has 0 aromatic heterocycles. The first kappa shape index (κ1) is 14.8. The van der Waals surface area contributed by atoms with Crippen LogP contribution in [0, 0.1) is 13.8 Å². The molecule has 4 heteroatoms.